The van der Waals surface area contributed by atoms with Crippen LogP contribution in [0.15, 0.2) is 53.0 Å². The number of halogens is 1. The zero-order valence-electron chi connectivity index (χ0n) is 13.3. The van der Waals surface area contributed by atoms with E-state index in [9.17, 15) is 9.59 Å². The fourth-order valence-corrected chi connectivity index (χ4v) is 2.86. The van der Waals surface area contributed by atoms with E-state index in [1.54, 1.807) is 18.2 Å². The molecule has 130 valence electrons. The van der Waals surface area contributed by atoms with Crippen LogP contribution < -0.4 is 20.3 Å². The number of hydrogen-bond acceptors (Lipinski definition) is 4. The molecule has 1 heterocycles. The highest BCUT2D eigenvalue weighted by atomic mass is 79.9. The van der Waals surface area contributed by atoms with E-state index in [0.29, 0.717) is 17.9 Å². The second-order valence-corrected chi connectivity index (χ2v) is 6.35. The summed E-state index contributed by atoms with van der Waals surface area (Å²) in [5.74, 6) is 0.378. The normalized spacial score (nSPS) is 15.3. The van der Waals surface area contributed by atoms with Crippen LogP contribution in [-0.4, -0.2) is 24.5 Å². The highest BCUT2D eigenvalue weighted by molar-refractivity contribution is 9.10. The second kappa shape index (κ2) is 8.02. The van der Waals surface area contributed by atoms with E-state index < -0.39 is 12.0 Å². The summed E-state index contributed by atoms with van der Waals surface area (Å²) in [5, 5.41) is 0. The van der Waals surface area contributed by atoms with Crippen molar-refractivity contribution >= 4 is 27.7 Å². The number of carbonyl (C=O) groups excluding carboxylic acids is 2. The molecule has 0 saturated carbocycles. The lowest BCUT2D eigenvalue weighted by Gasteiger charge is -2.25. The van der Waals surface area contributed by atoms with Crippen molar-refractivity contribution in [1.29, 1.82) is 0 Å². The van der Waals surface area contributed by atoms with Crippen molar-refractivity contribution in [1.82, 2.24) is 10.9 Å². The van der Waals surface area contributed by atoms with Gasteiger partial charge in [0.15, 0.2) is 11.5 Å². The molecule has 2 N–H and O–H groups in total. The summed E-state index contributed by atoms with van der Waals surface area (Å²) in [6.07, 6.45) is 0.0197. The van der Waals surface area contributed by atoms with Gasteiger partial charge in [0.25, 0.3) is 5.91 Å². The maximum Gasteiger partial charge on any atom is 0.283 e. The maximum atomic E-state index is 12.1. The molecule has 0 spiro atoms. The number of carbonyl (C=O) groups is 2. The summed E-state index contributed by atoms with van der Waals surface area (Å²) >= 11 is 3.44. The van der Waals surface area contributed by atoms with E-state index in [4.69, 9.17) is 9.47 Å². The van der Waals surface area contributed by atoms with E-state index in [-0.39, 0.29) is 18.9 Å². The van der Waals surface area contributed by atoms with Crippen LogP contribution in [0.3, 0.4) is 0 Å². The minimum atomic E-state index is -0.807. The molecule has 6 nitrogen and oxygen atoms in total. The fourth-order valence-electron chi connectivity index (χ4n) is 2.37. The first-order valence-corrected chi connectivity index (χ1v) is 8.63. The third-order valence-corrected chi connectivity index (χ3v) is 4.48. The number of hydrogen-bond donors (Lipinski definition) is 2. The van der Waals surface area contributed by atoms with Crippen molar-refractivity contribution in [3.63, 3.8) is 0 Å². The molecule has 3 rings (SSSR count). The van der Waals surface area contributed by atoms with E-state index >= 15 is 0 Å². The van der Waals surface area contributed by atoms with Gasteiger partial charge in [-0.05, 0) is 30.2 Å². The molecular weight excluding hydrogens is 388 g/mol. The Kier molecular flexibility index (Phi) is 5.55. The van der Waals surface area contributed by atoms with Crippen LogP contribution in [0.2, 0.25) is 0 Å². The van der Waals surface area contributed by atoms with Gasteiger partial charge in [0.05, 0.1) is 0 Å². The molecule has 1 unspecified atom stereocenters. The smallest absolute Gasteiger partial charge is 0.283 e. The molecule has 2 aromatic carbocycles. The van der Waals surface area contributed by atoms with Crippen LogP contribution in [0.1, 0.15) is 12.0 Å². The summed E-state index contributed by atoms with van der Waals surface area (Å²) < 4.78 is 12.0. The molecule has 1 aliphatic heterocycles. The van der Waals surface area contributed by atoms with Crippen molar-refractivity contribution in [2.45, 2.75) is 18.9 Å². The zero-order chi connectivity index (χ0) is 17.6. The topological polar surface area (TPSA) is 76.7 Å². The number of aryl methyl sites for hydroxylation is 1. The minimum Gasteiger partial charge on any atom is -0.485 e. The Bertz CT molecular complexity index is 781. The van der Waals surface area contributed by atoms with E-state index in [2.05, 4.69) is 26.8 Å². The van der Waals surface area contributed by atoms with Crippen LogP contribution in [0.4, 0.5) is 0 Å². The fraction of sp³-hybridized carbons (Fsp3) is 0.222. The Morgan fingerprint density at radius 2 is 1.76 bits per heavy atom. The minimum absolute atomic E-state index is 0.0929. The lowest BCUT2D eigenvalue weighted by molar-refractivity contribution is -0.135. The summed E-state index contributed by atoms with van der Waals surface area (Å²) in [6.45, 7) is 0.0929. The molecule has 0 radical (unpaired) electrons. The average molecular weight is 405 g/mol. The van der Waals surface area contributed by atoms with Crippen molar-refractivity contribution in [2.24, 2.45) is 0 Å². The van der Waals surface area contributed by atoms with E-state index in [1.165, 1.54) is 0 Å². The van der Waals surface area contributed by atoms with Gasteiger partial charge in [0, 0.05) is 10.9 Å². The van der Waals surface area contributed by atoms with Gasteiger partial charge >= 0.3 is 0 Å². The van der Waals surface area contributed by atoms with Gasteiger partial charge in [-0.15, -0.1) is 0 Å². The van der Waals surface area contributed by atoms with Gasteiger partial charge in [-0.25, -0.2) is 0 Å². The summed E-state index contributed by atoms with van der Waals surface area (Å²) in [5.41, 5.74) is 5.81. The Morgan fingerprint density at radius 1 is 1.04 bits per heavy atom. The highest BCUT2D eigenvalue weighted by Gasteiger charge is 2.27. The van der Waals surface area contributed by atoms with Gasteiger partial charge in [-0.3, -0.25) is 20.4 Å². The van der Waals surface area contributed by atoms with Crippen molar-refractivity contribution in [3.05, 3.63) is 58.6 Å². The molecule has 2 amide bonds. The molecule has 2 aromatic rings. The van der Waals surface area contributed by atoms with Crippen LogP contribution in [-0.2, 0) is 16.0 Å². The number of benzene rings is 2. The van der Waals surface area contributed by atoms with Crippen LogP contribution in [0, 0.1) is 0 Å². The number of rotatable bonds is 4. The number of hydrazine groups is 1. The molecule has 0 aromatic heterocycles. The number of nitrogens with one attached hydrogen (secondary N) is 2. The number of ether oxygens (including phenoxy) is 2. The lowest BCUT2D eigenvalue weighted by Crippen LogP contribution is -2.50. The van der Waals surface area contributed by atoms with Gasteiger partial charge in [-0.2, -0.15) is 0 Å². The Morgan fingerprint density at radius 3 is 2.56 bits per heavy atom. The molecule has 1 aliphatic rings. The Hall–Kier alpha value is -2.54. The molecule has 0 aliphatic carbocycles. The summed E-state index contributed by atoms with van der Waals surface area (Å²) in [6, 6.07) is 14.8. The van der Waals surface area contributed by atoms with Crippen LogP contribution >= 0.6 is 15.9 Å². The number of amides is 2. The monoisotopic (exact) mass is 404 g/mol. The Labute approximate surface area is 153 Å². The summed E-state index contributed by atoms with van der Waals surface area (Å²) in [4.78, 5) is 24.0. The lowest BCUT2D eigenvalue weighted by atomic mass is 10.1. The zero-order valence-corrected chi connectivity index (χ0v) is 14.9. The SMILES string of the molecule is O=C(CCc1ccccc1Br)NNC(=O)C1COc2ccccc2O1. The molecule has 0 saturated heterocycles. The van der Waals surface area contributed by atoms with Gasteiger partial charge < -0.3 is 9.47 Å². The third kappa shape index (κ3) is 4.51. The maximum absolute atomic E-state index is 12.1. The number of para-hydroxylation sites is 2. The van der Waals surface area contributed by atoms with Crippen molar-refractivity contribution in [2.75, 3.05) is 6.61 Å². The van der Waals surface area contributed by atoms with Gasteiger partial charge in [0.1, 0.15) is 6.61 Å². The molecular formula is C18H17BrN2O4. The first-order valence-electron chi connectivity index (χ1n) is 7.84. The molecule has 7 heteroatoms. The predicted molar refractivity (Wildman–Crippen MR) is 95.1 cm³/mol. The van der Waals surface area contributed by atoms with Crippen molar-refractivity contribution in [3.8, 4) is 11.5 Å². The molecule has 0 fully saturated rings. The van der Waals surface area contributed by atoms with E-state index in [0.717, 1.165) is 10.0 Å². The largest absolute Gasteiger partial charge is 0.485 e. The van der Waals surface area contributed by atoms with Crippen molar-refractivity contribution < 1.29 is 19.1 Å². The molecule has 1 atom stereocenters. The highest BCUT2D eigenvalue weighted by Crippen LogP contribution is 2.30. The quantitative estimate of drug-likeness (QED) is 0.766. The van der Waals surface area contributed by atoms with Gasteiger partial charge in [-0.1, -0.05) is 46.3 Å². The first kappa shape index (κ1) is 17.3. The molecule has 0 bridgehead atoms. The second-order valence-electron chi connectivity index (χ2n) is 5.49. The van der Waals surface area contributed by atoms with Crippen LogP contribution in [0.5, 0.6) is 11.5 Å². The molecule has 25 heavy (non-hydrogen) atoms. The summed E-state index contributed by atoms with van der Waals surface area (Å²) in [7, 11) is 0. The third-order valence-electron chi connectivity index (χ3n) is 3.71. The number of fused-ring (bicyclic) bond motifs is 1. The predicted octanol–water partition coefficient (Wildman–Crippen LogP) is 2.37. The van der Waals surface area contributed by atoms with E-state index in [1.807, 2.05) is 30.3 Å². The first-order chi connectivity index (χ1) is 12.1. The Balaban J connectivity index is 1.45. The standard InChI is InChI=1S/C18H17BrN2O4/c19-13-6-2-1-5-12(13)9-10-17(22)20-21-18(23)16-11-24-14-7-3-4-8-15(14)25-16/h1-8,16H,9-11H2,(H,20,22)(H,21,23). The van der Waals surface area contributed by atoms with Gasteiger partial charge in [0.2, 0.25) is 12.0 Å². The average Bonchev–Trinajstić information content (AvgIpc) is 2.65. The van der Waals surface area contributed by atoms with Crippen LogP contribution in [0.25, 0.3) is 0 Å².